The fourth-order valence-corrected chi connectivity index (χ4v) is 3.21. The van der Waals surface area contributed by atoms with Crippen molar-refractivity contribution in [3.8, 4) is 5.75 Å². The lowest BCUT2D eigenvalue weighted by molar-refractivity contribution is 0.233. The van der Waals surface area contributed by atoms with Crippen molar-refractivity contribution in [3.63, 3.8) is 0 Å². The van der Waals surface area contributed by atoms with E-state index >= 15 is 0 Å². The summed E-state index contributed by atoms with van der Waals surface area (Å²) in [6.45, 7) is 1.20. The molecule has 1 aliphatic rings. The zero-order valence-electron chi connectivity index (χ0n) is 12.3. The highest BCUT2D eigenvalue weighted by atomic mass is 35.5. The number of hydrogen-bond acceptors (Lipinski definition) is 2. The lowest BCUT2D eigenvalue weighted by atomic mass is 9.75. The lowest BCUT2D eigenvalue weighted by Gasteiger charge is -2.34. The van der Waals surface area contributed by atoms with Gasteiger partial charge in [-0.1, -0.05) is 25.0 Å². The van der Waals surface area contributed by atoms with Crippen molar-refractivity contribution in [1.82, 2.24) is 4.90 Å². The van der Waals surface area contributed by atoms with Crippen LogP contribution < -0.4 is 4.74 Å². The summed E-state index contributed by atoms with van der Waals surface area (Å²) in [7, 11) is 6.10. The SMILES string of the molecule is COc1cccc([C@H]2CCCC[C@H]2CN(C)C)c1.Cl. The van der Waals surface area contributed by atoms with Crippen LogP contribution in [-0.4, -0.2) is 32.6 Å². The molecule has 108 valence electrons. The Morgan fingerprint density at radius 3 is 2.63 bits per heavy atom. The van der Waals surface area contributed by atoms with Crippen LogP contribution in [0.3, 0.4) is 0 Å². The van der Waals surface area contributed by atoms with Gasteiger partial charge in [0.1, 0.15) is 5.75 Å². The molecule has 1 fully saturated rings. The molecular weight excluding hydrogens is 258 g/mol. The molecular formula is C16H26ClNO. The van der Waals surface area contributed by atoms with E-state index in [9.17, 15) is 0 Å². The number of halogens is 1. The molecule has 0 saturated heterocycles. The fourth-order valence-electron chi connectivity index (χ4n) is 3.21. The summed E-state index contributed by atoms with van der Waals surface area (Å²) in [4.78, 5) is 2.32. The van der Waals surface area contributed by atoms with E-state index in [1.54, 1.807) is 7.11 Å². The molecule has 2 atom stereocenters. The van der Waals surface area contributed by atoms with E-state index in [0.717, 1.165) is 11.7 Å². The summed E-state index contributed by atoms with van der Waals surface area (Å²) in [5.41, 5.74) is 1.46. The predicted molar refractivity (Wildman–Crippen MR) is 83.5 cm³/mol. The molecule has 0 radical (unpaired) electrons. The summed E-state index contributed by atoms with van der Waals surface area (Å²) in [6, 6.07) is 8.64. The molecule has 2 rings (SSSR count). The van der Waals surface area contributed by atoms with E-state index in [-0.39, 0.29) is 12.4 Å². The van der Waals surface area contributed by atoms with Crippen molar-refractivity contribution in [2.24, 2.45) is 5.92 Å². The van der Waals surface area contributed by atoms with Crippen molar-refractivity contribution < 1.29 is 4.74 Å². The molecule has 0 bridgehead atoms. The molecule has 0 aliphatic heterocycles. The van der Waals surface area contributed by atoms with E-state index in [4.69, 9.17) is 4.74 Å². The molecule has 0 heterocycles. The summed E-state index contributed by atoms with van der Waals surface area (Å²) in [5, 5.41) is 0. The highest BCUT2D eigenvalue weighted by molar-refractivity contribution is 5.85. The average molecular weight is 284 g/mol. The van der Waals surface area contributed by atoms with E-state index < -0.39 is 0 Å². The van der Waals surface area contributed by atoms with Gasteiger partial charge in [-0.15, -0.1) is 12.4 Å². The number of ether oxygens (including phenoxy) is 1. The Kier molecular flexibility index (Phi) is 6.67. The third-order valence-electron chi connectivity index (χ3n) is 4.03. The first-order valence-electron chi connectivity index (χ1n) is 6.99. The summed E-state index contributed by atoms with van der Waals surface area (Å²) >= 11 is 0. The van der Waals surface area contributed by atoms with Crippen LogP contribution in [-0.2, 0) is 0 Å². The molecule has 3 heteroatoms. The maximum absolute atomic E-state index is 5.35. The highest BCUT2D eigenvalue weighted by Crippen LogP contribution is 2.38. The Morgan fingerprint density at radius 2 is 1.95 bits per heavy atom. The van der Waals surface area contributed by atoms with Gasteiger partial charge in [0.25, 0.3) is 0 Å². The molecule has 0 aromatic heterocycles. The van der Waals surface area contributed by atoms with Gasteiger partial charge in [-0.2, -0.15) is 0 Å². The summed E-state index contributed by atoms with van der Waals surface area (Å²) in [6.07, 6.45) is 5.44. The Labute approximate surface area is 123 Å². The van der Waals surface area contributed by atoms with Crippen molar-refractivity contribution >= 4 is 12.4 Å². The first-order chi connectivity index (χ1) is 8.70. The van der Waals surface area contributed by atoms with Gasteiger partial charge < -0.3 is 9.64 Å². The topological polar surface area (TPSA) is 12.5 Å². The molecule has 1 aromatic carbocycles. The van der Waals surface area contributed by atoms with E-state index in [0.29, 0.717) is 5.92 Å². The zero-order valence-corrected chi connectivity index (χ0v) is 13.1. The van der Waals surface area contributed by atoms with Crippen LogP contribution in [0.15, 0.2) is 24.3 Å². The molecule has 2 nitrogen and oxygen atoms in total. The van der Waals surface area contributed by atoms with Gasteiger partial charge in [0.15, 0.2) is 0 Å². The summed E-state index contributed by atoms with van der Waals surface area (Å²) in [5.74, 6) is 2.48. The summed E-state index contributed by atoms with van der Waals surface area (Å²) < 4.78 is 5.35. The first-order valence-corrected chi connectivity index (χ1v) is 6.99. The minimum Gasteiger partial charge on any atom is -0.497 e. The fraction of sp³-hybridized carbons (Fsp3) is 0.625. The lowest BCUT2D eigenvalue weighted by Crippen LogP contribution is -2.28. The number of rotatable bonds is 4. The Morgan fingerprint density at radius 1 is 1.21 bits per heavy atom. The smallest absolute Gasteiger partial charge is 0.119 e. The van der Waals surface area contributed by atoms with Gasteiger partial charge in [-0.05, 0) is 56.5 Å². The second-order valence-corrected chi connectivity index (χ2v) is 5.69. The van der Waals surface area contributed by atoms with Gasteiger partial charge >= 0.3 is 0 Å². The molecule has 0 N–H and O–H groups in total. The molecule has 1 aromatic rings. The number of hydrogen-bond donors (Lipinski definition) is 0. The van der Waals surface area contributed by atoms with Crippen LogP contribution in [0.1, 0.15) is 37.2 Å². The number of methoxy groups -OCH3 is 1. The number of nitrogens with zero attached hydrogens (tertiary/aromatic N) is 1. The quantitative estimate of drug-likeness (QED) is 0.829. The Hall–Kier alpha value is -0.730. The van der Waals surface area contributed by atoms with Gasteiger partial charge in [0.05, 0.1) is 7.11 Å². The molecule has 19 heavy (non-hydrogen) atoms. The minimum atomic E-state index is 0. The molecule has 1 saturated carbocycles. The minimum absolute atomic E-state index is 0. The van der Waals surface area contributed by atoms with E-state index in [2.05, 4.69) is 37.2 Å². The van der Waals surface area contributed by atoms with Crippen LogP contribution in [0.5, 0.6) is 5.75 Å². The molecule has 1 aliphatic carbocycles. The predicted octanol–water partition coefficient (Wildman–Crippen LogP) is 3.95. The van der Waals surface area contributed by atoms with Gasteiger partial charge in [0, 0.05) is 6.54 Å². The monoisotopic (exact) mass is 283 g/mol. The third-order valence-corrected chi connectivity index (χ3v) is 4.03. The standard InChI is InChI=1S/C16H25NO.ClH/c1-17(2)12-14-7-4-5-10-16(14)13-8-6-9-15(11-13)18-3;/h6,8-9,11,14,16H,4-5,7,10,12H2,1-3H3;1H/t14-,16+;/m0./s1. The Balaban J connectivity index is 0.00000180. The normalized spacial score (nSPS) is 22.9. The van der Waals surface area contributed by atoms with Crippen LogP contribution in [0.25, 0.3) is 0 Å². The highest BCUT2D eigenvalue weighted by Gasteiger charge is 2.26. The van der Waals surface area contributed by atoms with E-state index in [1.165, 1.54) is 37.8 Å². The average Bonchev–Trinajstić information content (AvgIpc) is 2.39. The Bertz CT molecular complexity index is 381. The van der Waals surface area contributed by atoms with Crippen molar-refractivity contribution in [2.45, 2.75) is 31.6 Å². The van der Waals surface area contributed by atoms with Crippen LogP contribution in [0, 0.1) is 5.92 Å². The maximum atomic E-state index is 5.35. The van der Waals surface area contributed by atoms with Gasteiger partial charge in [0.2, 0.25) is 0 Å². The van der Waals surface area contributed by atoms with E-state index in [1.807, 2.05) is 6.07 Å². The van der Waals surface area contributed by atoms with Gasteiger partial charge in [-0.3, -0.25) is 0 Å². The molecule has 0 unspecified atom stereocenters. The molecule has 0 spiro atoms. The molecule has 0 amide bonds. The van der Waals surface area contributed by atoms with Crippen LogP contribution in [0.4, 0.5) is 0 Å². The largest absolute Gasteiger partial charge is 0.497 e. The zero-order chi connectivity index (χ0) is 13.0. The first kappa shape index (κ1) is 16.3. The third kappa shape index (κ3) is 4.39. The van der Waals surface area contributed by atoms with Crippen molar-refractivity contribution in [3.05, 3.63) is 29.8 Å². The second-order valence-electron chi connectivity index (χ2n) is 5.69. The van der Waals surface area contributed by atoms with Crippen molar-refractivity contribution in [2.75, 3.05) is 27.7 Å². The second kappa shape index (κ2) is 7.76. The van der Waals surface area contributed by atoms with Crippen LogP contribution >= 0.6 is 12.4 Å². The van der Waals surface area contributed by atoms with Crippen molar-refractivity contribution in [1.29, 1.82) is 0 Å². The number of benzene rings is 1. The van der Waals surface area contributed by atoms with Crippen LogP contribution in [0.2, 0.25) is 0 Å². The maximum Gasteiger partial charge on any atom is 0.119 e. The van der Waals surface area contributed by atoms with Gasteiger partial charge in [-0.25, -0.2) is 0 Å².